The first-order valence-electron chi connectivity index (χ1n) is 6.84. The van der Waals surface area contributed by atoms with Gasteiger partial charge in [-0.15, -0.1) is 0 Å². The van der Waals surface area contributed by atoms with Gasteiger partial charge in [-0.05, 0) is 51.3 Å². The van der Waals surface area contributed by atoms with Gasteiger partial charge in [0.05, 0.1) is 30.0 Å². The van der Waals surface area contributed by atoms with Gasteiger partial charge in [-0.1, -0.05) is 0 Å². The van der Waals surface area contributed by atoms with Crippen LogP contribution in [0.15, 0.2) is 24.4 Å². The number of pyridine rings is 1. The minimum Gasteiger partial charge on any atom is -0.492 e. The molecular formula is C16H20N2O3. The highest BCUT2D eigenvalue weighted by molar-refractivity contribution is 5.84. The molecule has 112 valence electrons. The predicted molar refractivity (Wildman–Crippen MR) is 79.6 cm³/mol. The van der Waals surface area contributed by atoms with Crippen LogP contribution in [0.2, 0.25) is 0 Å². The fourth-order valence-electron chi connectivity index (χ4n) is 1.65. The van der Waals surface area contributed by atoms with Gasteiger partial charge >= 0.3 is 5.97 Å². The molecule has 0 aliphatic carbocycles. The standard InChI is InChI=1S/C16H20N2O3/c1-16(2,12-17)9-3-4-10-21-14-7-5-13(18-11-14)6-8-15(19)20/h5-8,11H,3-4,9-10H2,1-2H3,(H,19,20)/b8-6+. The lowest BCUT2D eigenvalue weighted by atomic mass is 9.89. The molecule has 0 saturated carbocycles. The zero-order chi connectivity index (χ0) is 15.7. The van der Waals surface area contributed by atoms with E-state index >= 15 is 0 Å². The Labute approximate surface area is 124 Å². The number of ether oxygens (including phenoxy) is 1. The summed E-state index contributed by atoms with van der Waals surface area (Å²) in [6, 6.07) is 5.74. The number of carbonyl (C=O) groups is 1. The van der Waals surface area contributed by atoms with E-state index in [9.17, 15) is 4.79 Å². The van der Waals surface area contributed by atoms with Crippen LogP contribution >= 0.6 is 0 Å². The van der Waals surface area contributed by atoms with Crippen LogP contribution in [-0.4, -0.2) is 22.7 Å². The first-order chi connectivity index (χ1) is 9.93. The van der Waals surface area contributed by atoms with Gasteiger partial charge in [0.25, 0.3) is 0 Å². The summed E-state index contributed by atoms with van der Waals surface area (Å²) in [6.45, 7) is 4.44. The number of carboxylic acids is 1. The Kier molecular flexibility index (Phi) is 6.41. The molecular weight excluding hydrogens is 268 g/mol. The van der Waals surface area contributed by atoms with Crippen LogP contribution in [-0.2, 0) is 4.79 Å². The molecule has 0 saturated heterocycles. The third-order valence-corrected chi connectivity index (χ3v) is 2.92. The number of aliphatic carboxylic acids is 1. The molecule has 0 radical (unpaired) electrons. The molecule has 0 aromatic carbocycles. The second-order valence-electron chi connectivity index (χ2n) is 5.39. The number of hydrogen-bond acceptors (Lipinski definition) is 4. The van der Waals surface area contributed by atoms with E-state index in [1.165, 1.54) is 6.08 Å². The smallest absolute Gasteiger partial charge is 0.328 e. The molecule has 0 unspecified atom stereocenters. The number of carboxylic acid groups (broad SMARTS) is 1. The average molecular weight is 288 g/mol. The van der Waals surface area contributed by atoms with Crippen molar-refractivity contribution >= 4 is 12.0 Å². The molecule has 0 amide bonds. The molecule has 1 rings (SSSR count). The van der Waals surface area contributed by atoms with Crippen molar-refractivity contribution in [1.82, 2.24) is 4.98 Å². The number of nitrogens with zero attached hydrogens (tertiary/aromatic N) is 2. The summed E-state index contributed by atoms with van der Waals surface area (Å²) in [4.78, 5) is 14.5. The quantitative estimate of drug-likeness (QED) is 0.586. The topological polar surface area (TPSA) is 83.2 Å². The van der Waals surface area contributed by atoms with Crippen LogP contribution in [0.5, 0.6) is 5.75 Å². The largest absolute Gasteiger partial charge is 0.492 e. The van der Waals surface area contributed by atoms with Gasteiger partial charge in [0, 0.05) is 6.08 Å². The Morgan fingerprint density at radius 3 is 2.81 bits per heavy atom. The van der Waals surface area contributed by atoms with Crippen molar-refractivity contribution in [2.45, 2.75) is 33.1 Å². The Morgan fingerprint density at radius 2 is 2.24 bits per heavy atom. The molecule has 0 aliphatic rings. The van der Waals surface area contributed by atoms with Crippen molar-refractivity contribution in [3.63, 3.8) is 0 Å². The Balaban J connectivity index is 2.30. The summed E-state index contributed by atoms with van der Waals surface area (Å²) in [7, 11) is 0. The molecule has 5 nitrogen and oxygen atoms in total. The van der Waals surface area contributed by atoms with Gasteiger partial charge < -0.3 is 9.84 Å². The van der Waals surface area contributed by atoms with Gasteiger partial charge in [0.1, 0.15) is 5.75 Å². The van der Waals surface area contributed by atoms with Gasteiger partial charge in [-0.3, -0.25) is 4.98 Å². The zero-order valence-corrected chi connectivity index (χ0v) is 12.4. The minimum atomic E-state index is -1.00. The predicted octanol–water partition coefficient (Wildman–Crippen LogP) is 3.28. The Hall–Kier alpha value is -2.35. The molecule has 0 bridgehead atoms. The van der Waals surface area contributed by atoms with E-state index in [4.69, 9.17) is 15.1 Å². The van der Waals surface area contributed by atoms with E-state index in [1.807, 2.05) is 13.8 Å². The maximum Gasteiger partial charge on any atom is 0.328 e. The summed E-state index contributed by atoms with van der Waals surface area (Å²) < 4.78 is 5.55. The maximum absolute atomic E-state index is 10.4. The van der Waals surface area contributed by atoms with Crippen LogP contribution in [0.25, 0.3) is 6.08 Å². The first kappa shape index (κ1) is 16.7. The molecule has 21 heavy (non-hydrogen) atoms. The molecule has 1 aromatic rings. The van der Waals surface area contributed by atoms with E-state index < -0.39 is 5.97 Å². The van der Waals surface area contributed by atoms with Crippen LogP contribution in [0.4, 0.5) is 0 Å². The maximum atomic E-state index is 10.4. The molecule has 0 spiro atoms. The lowest BCUT2D eigenvalue weighted by Gasteiger charge is -2.14. The van der Waals surface area contributed by atoms with Gasteiger partial charge in [-0.2, -0.15) is 5.26 Å². The highest BCUT2D eigenvalue weighted by atomic mass is 16.5. The lowest BCUT2D eigenvalue weighted by Crippen LogP contribution is -2.08. The fraction of sp³-hybridized carbons (Fsp3) is 0.438. The average Bonchev–Trinajstić information content (AvgIpc) is 2.46. The second-order valence-corrected chi connectivity index (χ2v) is 5.39. The molecule has 1 N–H and O–H groups in total. The van der Waals surface area contributed by atoms with E-state index in [2.05, 4.69) is 11.1 Å². The van der Waals surface area contributed by atoms with Crippen molar-refractivity contribution in [3.8, 4) is 11.8 Å². The van der Waals surface area contributed by atoms with Crippen LogP contribution < -0.4 is 4.74 Å². The van der Waals surface area contributed by atoms with Gasteiger partial charge in [0.15, 0.2) is 0 Å². The molecule has 0 atom stereocenters. The van der Waals surface area contributed by atoms with E-state index in [0.717, 1.165) is 25.3 Å². The molecule has 0 aliphatic heterocycles. The number of nitriles is 1. The molecule has 0 fully saturated rings. The van der Waals surface area contributed by atoms with Crippen molar-refractivity contribution in [2.75, 3.05) is 6.61 Å². The number of rotatable bonds is 8. The highest BCUT2D eigenvalue weighted by Crippen LogP contribution is 2.21. The van der Waals surface area contributed by atoms with Gasteiger partial charge in [-0.25, -0.2) is 4.79 Å². The third kappa shape index (κ3) is 7.11. The highest BCUT2D eigenvalue weighted by Gasteiger charge is 2.15. The molecule has 5 heteroatoms. The number of unbranched alkanes of at least 4 members (excludes halogenated alkanes) is 1. The Morgan fingerprint density at radius 1 is 1.48 bits per heavy atom. The van der Waals surface area contributed by atoms with E-state index in [1.54, 1.807) is 18.3 Å². The molecule has 1 heterocycles. The van der Waals surface area contributed by atoms with Crippen LogP contribution in [0.3, 0.4) is 0 Å². The van der Waals surface area contributed by atoms with Crippen molar-refractivity contribution in [1.29, 1.82) is 5.26 Å². The first-order valence-corrected chi connectivity index (χ1v) is 6.84. The summed E-state index contributed by atoms with van der Waals surface area (Å²) in [6.07, 6.45) is 6.71. The Bertz CT molecular complexity index is 527. The van der Waals surface area contributed by atoms with Crippen molar-refractivity contribution in [3.05, 3.63) is 30.1 Å². The zero-order valence-electron chi connectivity index (χ0n) is 12.4. The van der Waals surface area contributed by atoms with Crippen molar-refractivity contribution < 1.29 is 14.6 Å². The molecule has 1 aromatic heterocycles. The monoisotopic (exact) mass is 288 g/mol. The summed E-state index contributed by atoms with van der Waals surface area (Å²) in [5, 5.41) is 17.4. The third-order valence-electron chi connectivity index (χ3n) is 2.92. The summed E-state index contributed by atoms with van der Waals surface area (Å²) in [5.74, 6) is -0.348. The number of aromatic nitrogens is 1. The van der Waals surface area contributed by atoms with Gasteiger partial charge in [0.2, 0.25) is 0 Å². The normalized spacial score (nSPS) is 11.3. The van der Waals surface area contributed by atoms with E-state index in [-0.39, 0.29) is 5.41 Å². The lowest BCUT2D eigenvalue weighted by molar-refractivity contribution is -0.131. The van der Waals surface area contributed by atoms with Crippen molar-refractivity contribution in [2.24, 2.45) is 5.41 Å². The summed E-state index contributed by atoms with van der Waals surface area (Å²) >= 11 is 0. The minimum absolute atomic E-state index is 0.278. The SMILES string of the molecule is CC(C)(C#N)CCCCOc1ccc(/C=C/C(=O)O)nc1. The van der Waals surface area contributed by atoms with Crippen LogP contribution in [0.1, 0.15) is 38.8 Å². The van der Waals surface area contributed by atoms with Crippen LogP contribution in [0, 0.1) is 16.7 Å². The fourth-order valence-corrected chi connectivity index (χ4v) is 1.65. The summed E-state index contributed by atoms with van der Waals surface area (Å²) in [5.41, 5.74) is 0.292. The number of hydrogen-bond donors (Lipinski definition) is 1. The second kappa shape index (κ2) is 8.05. The van der Waals surface area contributed by atoms with E-state index in [0.29, 0.717) is 18.1 Å².